The van der Waals surface area contributed by atoms with Crippen molar-refractivity contribution in [3.05, 3.63) is 35.1 Å². The van der Waals surface area contributed by atoms with Crippen LogP contribution < -0.4 is 0 Å². The summed E-state index contributed by atoms with van der Waals surface area (Å²) in [4.78, 5) is 23.0. The molecule has 1 saturated carbocycles. The molecule has 0 saturated heterocycles. The molecule has 4 atom stereocenters. The lowest BCUT2D eigenvalue weighted by molar-refractivity contribution is -0.131. The van der Waals surface area contributed by atoms with E-state index in [1.54, 1.807) is 13.8 Å². The molecule has 0 aliphatic heterocycles. The molecule has 0 heterocycles. The summed E-state index contributed by atoms with van der Waals surface area (Å²) in [6.45, 7) is 9.56. The summed E-state index contributed by atoms with van der Waals surface area (Å²) in [5.74, 6) is -1.77. The van der Waals surface area contributed by atoms with Crippen molar-refractivity contribution in [2.45, 2.75) is 52.6 Å². The standard InChI is InChI=1S/C19H26O5/c1-10(7-16(22)23)5-6-13-11(2)8-14(20)17-12(3)18(24)15(21)9-19(13,17)4/h7,13-14,17,20,24H,2,5-6,8-9H2,1,3-4H3,(H,22,23)/b10-7+. The fourth-order valence-corrected chi connectivity index (χ4v) is 4.65. The number of aliphatic hydroxyl groups is 2. The number of Topliss-reactive ketones (excluding diaryl/α,β-unsaturated/α-hetero) is 1. The van der Waals surface area contributed by atoms with E-state index in [1.165, 1.54) is 6.08 Å². The number of hydrogen-bond acceptors (Lipinski definition) is 4. The van der Waals surface area contributed by atoms with Crippen LogP contribution >= 0.6 is 0 Å². The topological polar surface area (TPSA) is 94.8 Å². The largest absolute Gasteiger partial charge is 0.504 e. The number of fused-ring (bicyclic) bond motifs is 1. The SMILES string of the molecule is C=C1CC(O)C2C(C)=C(O)C(=O)CC2(C)C1CC/C(C)=C/C(=O)O. The molecule has 132 valence electrons. The summed E-state index contributed by atoms with van der Waals surface area (Å²) >= 11 is 0. The lowest BCUT2D eigenvalue weighted by Gasteiger charge is -2.53. The van der Waals surface area contributed by atoms with Gasteiger partial charge in [0.25, 0.3) is 0 Å². The van der Waals surface area contributed by atoms with Crippen LogP contribution in [-0.4, -0.2) is 33.2 Å². The Bertz CT molecular complexity index is 642. The van der Waals surface area contributed by atoms with Crippen LogP contribution in [0.5, 0.6) is 0 Å². The van der Waals surface area contributed by atoms with E-state index in [9.17, 15) is 19.8 Å². The molecule has 0 bridgehead atoms. The third kappa shape index (κ3) is 3.18. The van der Waals surface area contributed by atoms with E-state index in [-0.39, 0.29) is 29.8 Å². The zero-order chi connectivity index (χ0) is 18.2. The first-order valence-electron chi connectivity index (χ1n) is 8.26. The normalized spacial score (nSPS) is 34.3. The molecule has 2 aliphatic rings. The Morgan fingerprint density at radius 2 is 2.08 bits per heavy atom. The molecule has 0 amide bonds. The first-order chi connectivity index (χ1) is 11.1. The number of carbonyl (C=O) groups excluding carboxylic acids is 1. The molecule has 0 aromatic rings. The van der Waals surface area contributed by atoms with Gasteiger partial charge < -0.3 is 15.3 Å². The van der Waals surface area contributed by atoms with Crippen LogP contribution in [0, 0.1) is 17.3 Å². The van der Waals surface area contributed by atoms with Gasteiger partial charge in [-0.05, 0) is 50.0 Å². The lowest BCUT2D eigenvalue weighted by atomic mass is 9.52. The zero-order valence-corrected chi connectivity index (χ0v) is 14.5. The molecular formula is C19H26O5. The van der Waals surface area contributed by atoms with Crippen molar-refractivity contribution in [2.75, 3.05) is 0 Å². The molecule has 0 aromatic carbocycles. The first kappa shape index (κ1) is 18.5. The van der Waals surface area contributed by atoms with Crippen LogP contribution in [0.25, 0.3) is 0 Å². The molecular weight excluding hydrogens is 308 g/mol. The van der Waals surface area contributed by atoms with Gasteiger partial charge in [-0.15, -0.1) is 0 Å². The second kappa shape index (κ2) is 6.55. The minimum absolute atomic E-state index is 0.00459. The number of carboxylic acids is 1. The Morgan fingerprint density at radius 3 is 2.67 bits per heavy atom. The maximum Gasteiger partial charge on any atom is 0.328 e. The summed E-state index contributed by atoms with van der Waals surface area (Å²) in [7, 11) is 0. The van der Waals surface area contributed by atoms with Crippen LogP contribution in [0.1, 0.15) is 46.5 Å². The van der Waals surface area contributed by atoms with E-state index in [1.807, 2.05) is 6.92 Å². The van der Waals surface area contributed by atoms with Crippen molar-refractivity contribution in [3.63, 3.8) is 0 Å². The van der Waals surface area contributed by atoms with E-state index >= 15 is 0 Å². The minimum atomic E-state index is -0.967. The lowest BCUT2D eigenvalue weighted by Crippen LogP contribution is -2.51. The summed E-state index contributed by atoms with van der Waals surface area (Å²) in [6, 6.07) is 0. The van der Waals surface area contributed by atoms with Gasteiger partial charge in [-0.1, -0.05) is 24.6 Å². The number of aliphatic carboxylic acids is 1. The molecule has 0 aromatic heterocycles. The van der Waals surface area contributed by atoms with Gasteiger partial charge in [0.05, 0.1) is 6.10 Å². The predicted octanol–water partition coefficient (Wildman–Crippen LogP) is 3.16. The highest BCUT2D eigenvalue weighted by atomic mass is 16.4. The highest BCUT2D eigenvalue weighted by Gasteiger charge is 2.54. The van der Waals surface area contributed by atoms with Gasteiger partial charge in [0.15, 0.2) is 11.5 Å². The minimum Gasteiger partial charge on any atom is -0.504 e. The second-order valence-corrected chi connectivity index (χ2v) is 7.46. The Morgan fingerprint density at radius 1 is 1.46 bits per heavy atom. The van der Waals surface area contributed by atoms with E-state index in [2.05, 4.69) is 6.58 Å². The van der Waals surface area contributed by atoms with Crippen LogP contribution in [-0.2, 0) is 9.59 Å². The highest BCUT2D eigenvalue weighted by molar-refractivity contribution is 5.95. The third-order valence-corrected chi connectivity index (χ3v) is 5.70. The molecule has 2 aliphatic carbocycles. The number of carboxylic acid groups (broad SMARTS) is 1. The molecule has 24 heavy (non-hydrogen) atoms. The fraction of sp³-hybridized carbons (Fsp3) is 0.579. The Hall–Kier alpha value is -1.88. The van der Waals surface area contributed by atoms with E-state index in [4.69, 9.17) is 5.11 Å². The maximum atomic E-state index is 12.2. The third-order valence-electron chi connectivity index (χ3n) is 5.70. The molecule has 0 spiro atoms. The first-order valence-corrected chi connectivity index (χ1v) is 8.26. The van der Waals surface area contributed by atoms with Crippen LogP contribution in [0.15, 0.2) is 35.1 Å². The molecule has 2 rings (SSSR count). The van der Waals surface area contributed by atoms with Crippen LogP contribution in [0.3, 0.4) is 0 Å². The number of rotatable bonds is 4. The van der Waals surface area contributed by atoms with E-state index in [0.717, 1.165) is 11.1 Å². The number of hydrogen-bond donors (Lipinski definition) is 3. The fourth-order valence-electron chi connectivity index (χ4n) is 4.65. The average Bonchev–Trinajstić information content (AvgIpc) is 2.43. The number of allylic oxidation sites excluding steroid dienone is 2. The quantitative estimate of drug-likeness (QED) is 0.542. The van der Waals surface area contributed by atoms with Crippen LogP contribution in [0.4, 0.5) is 0 Å². The Labute approximate surface area is 142 Å². The second-order valence-electron chi connectivity index (χ2n) is 7.46. The van der Waals surface area contributed by atoms with Crippen molar-refractivity contribution in [1.82, 2.24) is 0 Å². The van der Waals surface area contributed by atoms with Crippen molar-refractivity contribution in [3.8, 4) is 0 Å². The maximum absolute atomic E-state index is 12.2. The van der Waals surface area contributed by atoms with Crippen LogP contribution in [0.2, 0.25) is 0 Å². The summed E-state index contributed by atoms with van der Waals surface area (Å²) < 4.78 is 0. The summed E-state index contributed by atoms with van der Waals surface area (Å²) in [5, 5.41) is 29.4. The number of carbonyl (C=O) groups is 2. The van der Waals surface area contributed by atoms with Gasteiger partial charge in [0.1, 0.15) is 0 Å². The van der Waals surface area contributed by atoms with Crippen molar-refractivity contribution in [2.24, 2.45) is 17.3 Å². The average molecular weight is 334 g/mol. The van der Waals surface area contributed by atoms with Gasteiger partial charge in [0.2, 0.25) is 0 Å². The van der Waals surface area contributed by atoms with Gasteiger partial charge in [-0.3, -0.25) is 4.79 Å². The van der Waals surface area contributed by atoms with Crippen molar-refractivity contribution in [1.29, 1.82) is 0 Å². The Balaban J connectivity index is 2.33. The van der Waals surface area contributed by atoms with Crippen molar-refractivity contribution >= 4 is 11.8 Å². The molecule has 3 N–H and O–H groups in total. The van der Waals surface area contributed by atoms with Gasteiger partial charge in [0, 0.05) is 18.4 Å². The smallest absolute Gasteiger partial charge is 0.328 e. The predicted molar refractivity (Wildman–Crippen MR) is 90.4 cm³/mol. The zero-order valence-electron chi connectivity index (χ0n) is 14.5. The molecule has 5 heteroatoms. The monoisotopic (exact) mass is 334 g/mol. The molecule has 5 nitrogen and oxygen atoms in total. The summed E-state index contributed by atoms with van der Waals surface area (Å²) in [5.41, 5.74) is 1.70. The molecule has 1 fully saturated rings. The highest BCUT2D eigenvalue weighted by Crippen LogP contribution is 2.56. The summed E-state index contributed by atoms with van der Waals surface area (Å²) in [6.07, 6.45) is 2.41. The number of aliphatic hydroxyl groups excluding tert-OH is 2. The Kier molecular flexibility index (Phi) is 5.04. The number of ketones is 1. The molecule has 0 radical (unpaired) electrons. The molecule has 4 unspecified atom stereocenters. The van der Waals surface area contributed by atoms with Gasteiger partial charge >= 0.3 is 5.97 Å². The van der Waals surface area contributed by atoms with Gasteiger partial charge in [-0.25, -0.2) is 4.79 Å². The van der Waals surface area contributed by atoms with E-state index in [0.29, 0.717) is 24.8 Å². The van der Waals surface area contributed by atoms with Gasteiger partial charge in [-0.2, -0.15) is 0 Å². The van der Waals surface area contributed by atoms with Crippen molar-refractivity contribution < 1.29 is 24.9 Å². The van der Waals surface area contributed by atoms with E-state index < -0.39 is 17.5 Å².